The summed E-state index contributed by atoms with van der Waals surface area (Å²) in [6.07, 6.45) is 5.08. The lowest BCUT2D eigenvalue weighted by atomic mass is 10.1. The molecule has 0 atom stereocenters. The maximum atomic E-state index is 5.82. The summed E-state index contributed by atoms with van der Waals surface area (Å²) in [6, 6.07) is 5.93. The van der Waals surface area contributed by atoms with Crippen molar-refractivity contribution in [3.63, 3.8) is 0 Å². The van der Waals surface area contributed by atoms with E-state index in [1.807, 2.05) is 25.1 Å². The molecule has 1 aromatic carbocycles. The van der Waals surface area contributed by atoms with Crippen molar-refractivity contribution in [2.75, 3.05) is 5.73 Å². The number of benzene rings is 1. The molecule has 4 nitrogen and oxygen atoms in total. The van der Waals surface area contributed by atoms with Gasteiger partial charge in [-0.15, -0.1) is 0 Å². The number of aryl methyl sites for hydroxylation is 1. The van der Waals surface area contributed by atoms with E-state index in [9.17, 15) is 0 Å². The minimum atomic E-state index is 0.570. The van der Waals surface area contributed by atoms with Crippen LogP contribution in [0.25, 0.3) is 11.4 Å². The molecule has 1 saturated carbocycles. The maximum absolute atomic E-state index is 5.82. The van der Waals surface area contributed by atoms with E-state index in [1.165, 1.54) is 25.7 Å². The Morgan fingerprint density at radius 1 is 1.28 bits per heavy atom. The van der Waals surface area contributed by atoms with Crippen molar-refractivity contribution in [1.82, 2.24) is 15.2 Å². The highest BCUT2D eigenvalue weighted by Gasteiger charge is 2.20. The molecule has 1 heterocycles. The van der Waals surface area contributed by atoms with Gasteiger partial charge in [-0.3, -0.25) is 5.10 Å². The van der Waals surface area contributed by atoms with E-state index in [0.29, 0.717) is 5.92 Å². The minimum Gasteiger partial charge on any atom is -0.399 e. The number of anilines is 1. The van der Waals surface area contributed by atoms with Crippen molar-refractivity contribution in [3.05, 3.63) is 29.6 Å². The number of hydrogen-bond acceptors (Lipinski definition) is 3. The molecule has 18 heavy (non-hydrogen) atoms. The Labute approximate surface area is 107 Å². The predicted molar refractivity (Wildman–Crippen MR) is 72.2 cm³/mol. The largest absolute Gasteiger partial charge is 0.399 e. The third-order valence-electron chi connectivity index (χ3n) is 3.77. The highest BCUT2D eigenvalue weighted by Crippen LogP contribution is 2.32. The zero-order valence-corrected chi connectivity index (χ0v) is 10.6. The third-order valence-corrected chi connectivity index (χ3v) is 3.77. The molecule has 0 aliphatic heterocycles. The number of hydrogen-bond donors (Lipinski definition) is 2. The van der Waals surface area contributed by atoms with Gasteiger partial charge < -0.3 is 5.73 Å². The smallest absolute Gasteiger partial charge is 0.181 e. The lowest BCUT2D eigenvalue weighted by Crippen LogP contribution is -1.94. The molecular weight excluding hydrogens is 224 g/mol. The summed E-state index contributed by atoms with van der Waals surface area (Å²) in [6.45, 7) is 2.00. The second kappa shape index (κ2) is 4.44. The van der Waals surface area contributed by atoms with Gasteiger partial charge in [0.1, 0.15) is 5.82 Å². The second-order valence-corrected chi connectivity index (χ2v) is 5.10. The summed E-state index contributed by atoms with van der Waals surface area (Å²) in [5.41, 5.74) is 8.73. The van der Waals surface area contributed by atoms with E-state index < -0.39 is 0 Å². The number of aromatic nitrogens is 3. The average Bonchev–Trinajstić information content (AvgIpc) is 3.01. The van der Waals surface area contributed by atoms with Gasteiger partial charge in [0.2, 0.25) is 0 Å². The van der Waals surface area contributed by atoms with Gasteiger partial charge in [-0.2, -0.15) is 5.10 Å². The lowest BCUT2D eigenvalue weighted by Gasteiger charge is -2.03. The molecule has 1 aliphatic carbocycles. The Kier molecular flexibility index (Phi) is 2.78. The van der Waals surface area contributed by atoms with Gasteiger partial charge in [-0.05, 0) is 43.5 Å². The Morgan fingerprint density at radius 2 is 2.06 bits per heavy atom. The highest BCUT2D eigenvalue weighted by molar-refractivity contribution is 5.61. The summed E-state index contributed by atoms with van der Waals surface area (Å²) < 4.78 is 0. The number of nitrogen functional groups attached to an aromatic ring is 1. The van der Waals surface area contributed by atoms with Crippen LogP contribution in [0.2, 0.25) is 0 Å². The standard InChI is InChI=1S/C14H18N4/c1-9-8-11(6-7-12(9)15)14-16-13(17-18-14)10-4-2-3-5-10/h6-8,10H,2-5,15H2,1H3,(H,16,17,18). The Hall–Kier alpha value is -1.84. The number of H-pyrrole nitrogens is 1. The molecule has 3 rings (SSSR count). The first kappa shape index (κ1) is 11.3. The van der Waals surface area contributed by atoms with Crippen LogP contribution in [0.5, 0.6) is 0 Å². The Balaban J connectivity index is 1.89. The summed E-state index contributed by atoms with van der Waals surface area (Å²) in [5, 5.41) is 7.41. The molecule has 0 spiro atoms. The number of rotatable bonds is 2. The molecule has 3 N–H and O–H groups in total. The van der Waals surface area contributed by atoms with Gasteiger partial charge in [0.25, 0.3) is 0 Å². The molecule has 1 aliphatic rings. The van der Waals surface area contributed by atoms with E-state index in [4.69, 9.17) is 5.73 Å². The average molecular weight is 242 g/mol. The van der Waals surface area contributed by atoms with Crippen molar-refractivity contribution < 1.29 is 0 Å². The van der Waals surface area contributed by atoms with E-state index >= 15 is 0 Å². The van der Waals surface area contributed by atoms with Gasteiger partial charge in [-0.1, -0.05) is 12.8 Å². The quantitative estimate of drug-likeness (QED) is 0.795. The third kappa shape index (κ3) is 1.98. The molecule has 2 aromatic rings. The molecule has 4 heteroatoms. The second-order valence-electron chi connectivity index (χ2n) is 5.10. The number of nitrogens with one attached hydrogen (secondary N) is 1. The fraction of sp³-hybridized carbons (Fsp3) is 0.429. The predicted octanol–water partition coefficient (Wildman–Crippen LogP) is 3.02. The van der Waals surface area contributed by atoms with Crippen LogP contribution in [0.1, 0.15) is 43.0 Å². The minimum absolute atomic E-state index is 0.570. The van der Waals surface area contributed by atoms with E-state index in [1.54, 1.807) is 0 Å². The molecule has 0 amide bonds. The first-order chi connectivity index (χ1) is 8.74. The van der Waals surface area contributed by atoms with Gasteiger partial charge in [0, 0.05) is 17.2 Å². The van der Waals surface area contributed by atoms with Crippen LogP contribution in [0.3, 0.4) is 0 Å². The molecule has 94 valence electrons. The lowest BCUT2D eigenvalue weighted by molar-refractivity contribution is 0.672. The molecule has 1 aromatic heterocycles. The van der Waals surface area contributed by atoms with Crippen LogP contribution >= 0.6 is 0 Å². The summed E-state index contributed by atoms with van der Waals surface area (Å²) >= 11 is 0. The zero-order valence-electron chi connectivity index (χ0n) is 10.6. The molecule has 1 fully saturated rings. The first-order valence-electron chi connectivity index (χ1n) is 6.53. The maximum Gasteiger partial charge on any atom is 0.181 e. The zero-order chi connectivity index (χ0) is 12.5. The summed E-state index contributed by atoms with van der Waals surface area (Å²) in [7, 11) is 0. The van der Waals surface area contributed by atoms with E-state index in [-0.39, 0.29) is 0 Å². The van der Waals surface area contributed by atoms with Crippen molar-refractivity contribution in [1.29, 1.82) is 0 Å². The molecule has 0 radical (unpaired) electrons. The van der Waals surface area contributed by atoms with Crippen molar-refractivity contribution in [2.24, 2.45) is 0 Å². The molecule has 0 unspecified atom stereocenters. The van der Waals surface area contributed by atoms with Crippen LogP contribution in [-0.4, -0.2) is 15.2 Å². The highest BCUT2D eigenvalue weighted by atomic mass is 15.2. The SMILES string of the molecule is Cc1cc(-c2n[nH]c(C3CCCC3)n2)ccc1N. The normalized spacial score (nSPS) is 16.3. The number of nitrogens with two attached hydrogens (primary N) is 1. The van der Waals surface area contributed by atoms with Crippen molar-refractivity contribution in [3.8, 4) is 11.4 Å². The summed E-state index contributed by atoms with van der Waals surface area (Å²) in [4.78, 5) is 4.63. The number of nitrogens with zero attached hydrogens (tertiary/aromatic N) is 2. The van der Waals surface area contributed by atoms with Crippen LogP contribution in [0.15, 0.2) is 18.2 Å². The summed E-state index contributed by atoms with van der Waals surface area (Å²) in [5.74, 6) is 2.39. The fourth-order valence-corrected chi connectivity index (χ4v) is 2.60. The molecule has 0 bridgehead atoms. The Morgan fingerprint density at radius 3 is 2.78 bits per heavy atom. The Bertz CT molecular complexity index is 553. The van der Waals surface area contributed by atoms with Gasteiger partial charge in [-0.25, -0.2) is 4.98 Å². The van der Waals surface area contributed by atoms with Gasteiger partial charge in [0.05, 0.1) is 0 Å². The van der Waals surface area contributed by atoms with E-state index in [2.05, 4.69) is 15.2 Å². The topological polar surface area (TPSA) is 67.6 Å². The van der Waals surface area contributed by atoms with Crippen molar-refractivity contribution >= 4 is 5.69 Å². The van der Waals surface area contributed by atoms with Crippen LogP contribution < -0.4 is 5.73 Å². The van der Waals surface area contributed by atoms with Crippen LogP contribution in [0, 0.1) is 6.92 Å². The van der Waals surface area contributed by atoms with Crippen molar-refractivity contribution in [2.45, 2.75) is 38.5 Å². The number of aromatic amines is 1. The fourth-order valence-electron chi connectivity index (χ4n) is 2.60. The monoisotopic (exact) mass is 242 g/mol. The van der Waals surface area contributed by atoms with Gasteiger partial charge >= 0.3 is 0 Å². The molecule has 0 saturated heterocycles. The van der Waals surface area contributed by atoms with Crippen LogP contribution in [0.4, 0.5) is 5.69 Å². The van der Waals surface area contributed by atoms with Crippen LogP contribution in [-0.2, 0) is 0 Å². The molecular formula is C14H18N4. The first-order valence-corrected chi connectivity index (χ1v) is 6.53. The van der Waals surface area contributed by atoms with E-state index in [0.717, 1.165) is 28.5 Å². The van der Waals surface area contributed by atoms with Gasteiger partial charge in [0.15, 0.2) is 5.82 Å².